The number of nitrogens with zero attached hydrogens (tertiary/aromatic N) is 11. The third-order valence-corrected chi connectivity index (χ3v) is 19.7. The predicted octanol–water partition coefficient (Wildman–Crippen LogP) is 8.71. The number of piperidine rings is 2. The molecule has 4 aliphatic rings. The van der Waals surface area contributed by atoms with Gasteiger partial charge in [-0.05, 0) is 137 Å². The average Bonchev–Trinajstić information content (AvgIpc) is 4.38. The van der Waals surface area contributed by atoms with Gasteiger partial charge >= 0.3 is 6.09 Å². The van der Waals surface area contributed by atoms with Crippen molar-refractivity contribution in [3.63, 3.8) is 0 Å². The third kappa shape index (κ3) is 13.6. The Balaban J connectivity index is 0.724. The molecule has 83 heavy (non-hydrogen) atoms. The number of fused-ring (bicyclic) bond motifs is 1. The zero-order valence-corrected chi connectivity index (χ0v) is 50.5. The van der Waals surface area contributed by atoms with E-state index in [0.717, 1.165) is 62.9 Å². The summed E-state index contributed by atoms with van der Waals surface area (Å²) in [5.74, 6) is 2.02. The summed E-state index contributed by atoms with van der Waals surface area (Å²) in [6.45, 7) is 22.0. The molecule has 0 bridgehead atoms. The minimum Gasteiger partial charge on any atom is -0.492 e. The number of likely N-dealkylation sites (tertiary alicyclic amines) is 2. The fourth-order valence-corrected chi connectivity index (χ4v) is 13.5. The lowest BCUT2D eigenvalue weighted by atomic mass is 9.98. The van der Waals surface area contributed by atoms with Crippen LogP contribution in [0.2, 0.25) is 0 Å². The lowest BCUT2D eigenvalue weighted by Gasteiger charge is -2.47. The quantitative estimate of drug-likeness (QED) is 0.0862. The second-order valence-corrected chi connectivity index (χ2v) is 27.9. The number of benzene rings is 2. The molecule has 0 saturated carbocycles. The molecule has 4 aromatic heterocycles. The molecular weight excluding hydrogens is 1100 g/mol. The molecule has 444 valence electrons. The van der Waals surface area contributed by atoms with Gasteiger partial charge < -0.3 is 39.1 Å². The van der Waals surface area contributed by atoms with Crippen LogP contribution in [-0.4, -0.2) is 175 Å². The topological polar surface area (TPSA) is 234 Å². The van der Waals surface area contributed by atoms with Crippen LogP contribution in [0.3, 0.4) is 0 Å². The van der Waals surface area contributed by atoms with Gasteiger partial charge in [0.15, 0.2) is 15.6 Å². The molecule has 2 N–H and O–H groups in total. The number of halogens is 1. The number of amides is 2. The van der Waals surface area contributed by atoms with E-state index in [1.165, 1.54) is 41.9 Å². The number of piperazine rings is 1. The molecule has 21 nitrogen and oxygen atoms in total. The third-order valence-electron chi connectivity index (χ3n) is 16.2. The van der Waals surface area contributed by atoms with Crippen molar-refractivity contribution in [1.29, 1.82) is 0 Å². The van der Waals surface area contributed by atoms with E-state index in [4.69, 9.17) is 29.2 Å². The van der Waals surface area contributed by atoms with Gasteiger partial charge in [0.2, 0.25) is 17.6 Å². The van der Waals surface area contributed by atoms with Crippen molar-refractivity contribution in [3.8, 4) is 11.5 Å². The van der Waals surface area contributed by atoms with Crippen LogP contribution in [0.1, 0.15) is 125 Å². The molecule has 3 atom stereocenters. The van der Waals surface area contributed by atoms with Crippen LogP contribution < -0.4 is 19.7 Å². The summed E-state index contributed by atoms with van der Waals surface area (Å²) < 4.78 is 59.4. The van der Waals surface area contributed by atoms with Crippen molar-refractivity contribution in [2.75, 3.05) is 75.7 Å². The Bertz CT molecular complexity index is 3410. The van der Waals surface area contributed by atoms with Gasteiger partial charge in [-0.2, -0.15) is 5.10 Å². The monoisotopic (exact) mass is 1180 g/mol. The number of carbonyl (C=O) groups is 3. The number of ether oxygens (including phenoxy) is 3. The highest BCUT2D eigenvalue weighted by molar-refractivity contribution is 7.92. The maximum atomic E-state index is 14.4. The molecule has 2 amide bonds. The Morgan fingerprint density at radius 3 is 2.28 bits per heavy atom. The van der Waals surface area contributed by atoms with E-state index in [-0.39, 0.29) is 70.8 Å². The largest absolute Gasteiger partial charge is 0.492 e. The predicted molar refractivity (Wildman–Crippen MR) is 314 cm³/mol. The van der Waals surface area contributed by atoms with Gasteiger partial charge in [0.1, 0.15) is 56.8 Å². The van der Waals surface area contributed by atoms with Gasteiger partial charge in [-0.25, -0.2) is 42.5 Å². The van der Waals surface area contributed by atoms with Crippen molar-refractivity contribution in [2.24, 2.45) is 5.92 Å². The number of thiazole rings is 1. The molecule has 0 spiro atoms. The van der Waals surface area contributed by atoms with Crippen molar-refractivity contribution in [3.05, 3.63) is 93.8 Å². The molecule has 2 aromatic carbocycles. The van der Waals surface area contributed by atoms with Crippen LogP contribution in [0.4, 0.5) is 26.8 Å². The molecule has 10 rings (SSSR count). The minimum absolute atomic E-state index is 0.0206. The number of sulfone groups is 1. The highest BCUT2D eigenvalue weighted by atomic mass is 32.2. The summed E-state index contributed by atoms with van der Waals surface area (Å²) in [6.07, 6.45) is 9.15. The van der Waals surface area contributed by atoms with E-state index in [0.29, 0.717) is 90.7 Å². The van der Waals surface area contributed by atoms with Crippen LogP contribution in [-0.2, 0) is 19.4 Å². The minimum atomic E-state index is -3.85. The second-order valence-electron chi connectivity index (χ2n) is 24.4. The van der Waals surface area contributed by atoms with Gasteiger partial charge in [0.25, 0.3) is 0 Å². The number of ketones is 1. The molecule has 4 aliphatic heterocycles. The van der Waals surface area contributed by atoms with Crippen LogP contribution >= 0.6 is 11.3 Å². The molecule has 24 heteroatoms. The average molecular weight is 1180 g/mol. The van der Waals surface area contributed by atoms with E-state index in [9.17, 15) is 27.2 Å². The first kappa shape index (κ1) is 59.3. The normalized spacial score (nSPS) is 20.0. The smallest absolute Gasteiger partial charge is 0.410 e. The highest BCUT2D eigenvalue weighted by Gasteiger charge is 2.41. The first-order valence-electron chi connectivity index (χ1n) is 28.7. The van der Waals surface area contributed by atoms with Crippen molar-refractivity contribution >= 4 is 67.4 Å². The fourth-order valence-electron chi connectivity index (χ4n) is 11.2. The number of aryl methyl sites for hydroxylation is 1. The van der Waals surface area contributed by atoms with E-state index in [2.05, 4.69) is 40.2 Å². The van der Waals surface area contributed by atoms with E-state index in [1.54, 1.807) is 55.6 Å². The lowest BCUT2D eigenvalue weighted by Crippen LogP contribution is -2.63. The summed E-state index contributed by atoms with van der Waals surface area (Å²) in [6, 6.07) is 8.12. The van der Waals surface area contributed by atoms with Crippen LogP contribution in [0.5, 0.6) is 11.5 Å². The van der Waals surface area contributed by atoms with Crippen molar-refractivity contribution in [1.82, 2.24) is 54.7 Å². The van der Waals surface area contributed by atoms with E-state index < -0.39 is 26.0 Å². The Hall–Kier alpha value is -6.89. The van der Waals surface area contributed by atoms with Gasteiger partial charge in [-0.15, -0.1) is 11.3 Å². The molecule has 0 aliphatic carbocycles. The van der Waals surface area contributed by atoms with Gasteiger partial charge in [0, 0.05) is 92.4 Å². The first-order chi connectivity index (χ1) is 39.5. The Labute approximate surface area is 488 Å². The van der Waals surface area contributed by atoms with E-state index in [1.807, 2.05) is 46.4 Å². The summed E-state index contributed by atoms with van der Waals surface area (Å²) in [4.78, 5) is 74.8. The van der Waals surface area contributed by atoms with Crippen LogP contribution in [0, 0.1) is 25.6 Å². The summed E-state index contributed by atoms with van der Waals surface area (Å²) in [7, 11) is -3.85. The van der Waals surface area contributed by atoms with E-state index >= 15 is 0 Å². The first-order valence-corrected chi connectivity index (χ1v) is 31.0. The number of carbonyl (C=O) groups excluding carboxylic acids is 3. The molecule has 0 unspecified atom stereocenters. The SMILES string of the molecule is Cc1n[nH]c(Nc2ncnc3cc(OCC4CCN(c5ncc(OC6CCN(C[C@H]7CN(C(=O)OC(C)(C)C)[C@@H](C)CN7CC(=O)N7CCC[C@H]7c7nc(C(=O)c8ccc(F)cc8)cs7)CC6)cn5)CC4)c(S(=O)(=O)C(C)(C)C)cc23)c1C. The summed E-state index contributed by atoms with van der Waals surface area (Å²) in [5.41, 5.74) is 2.28. The number of hydrogen-bond donors (Lipinski definition) is 2. The Morgan fingerprint density at radius 1 is 0.880 bits per heavy atom. The summed E-state index contributed by atoms with van der Waals surface area (Å²) in [5, 5.41) is 13.5. The van der Waals surface area contributed by atoms with Crippen LogP contribution in [0.15, 0.2) is 65.4 Å². The van der Waals surface area contributed by atoms with Gasteiger partial charge in [-0.3, -0.25) is 19.6 Å². The maximum absolute atomic E-state index is 14.4. The molecule has 4 fully saturated rings. The van der Waals surface area contributed by atoms with Gasteiger partial charge in [0.05, 0.1) is 47.5 Å². The molecule has 8 heterocycles. The van der Waals surface area contributed by atoms with Gasteiger partial charge in [-0.1, -0.05) is 0 Å². The Morgan fingerprint density at radius 2 is 1.60 bits per heavy atom. The summed E-state index contributed by atoms with van der Waals surface area (Å²) >= 11 is 1.36. The number of aromatic nitrogens is 7. The standard InChI is InChI=1S/C59H76FN13O8S2/c1-36-29-71(32-51(74)72-20-10-11-48(72)55-65-47(34-82-55)52(75)40-12-14-41(60)15-13-40)42(31-73(36)57(76)81-58(4,5)6)30-69-21-18-43(19-22-69)80-44-27-61-56(62-28-44)70-23-16-39(17-24-70)33-79-49-26-46-45(25-50(49)83(77,78)59(7,8)9)54(64-35-63-46)66-53-37(2)38(3)67-68-53/h12-15,25-28,34-36,39,42-43,48H,10-11,16-24,29-33H2,1-9H3,(H2,63,64,66,67,68)/t36-,42-,48-/m0/s1. The highest BCUT2D eigenvalue weighted by Crippen LogP contribution is 2.39. The molecular formula is C59H76FN13O8S2. The zero-order chi connectivity index (χ0) is 59.0. The number of H-pyrrole nitrogens is 1. The molecule has 6 aromatic rings. The van der Waals surface area contributed by atoms with Crippen LogP contribution in [0.25, 0.3) is 10.9 Å². The second kappa shape index (κ2) is 24.4. The lowest BCUT2D eigenvalue weighted by molar-refractivity contribution is -0.135. The molecule has 0 radical (unpaired) electrons. The fraction of sp³-hybridized carbons (Fsp3) is 0.542. The number of nitrogens with one attached hydrogen (secondary N) is 2. The van der Waals surface area contributed by atoms with Crippen molar-refractivity contribution in [2.45, 2.75) is 140 Å². The maximum Gasteiger partial charge on any atom is 0.410 e. The zero-order valence-electron chi connectivity index (χ0n) is 48.9. The van der Waals surface area contributed by atoms with Crippen molar-refractivity contribution < 1.29 is 41.4 Å². The number of hydrogen-bond acceptors (Lipinski definition) is 19. The number of rotatable bonds is 16. The number of anilines is 3. The molecule has 4 saturated heterocycles. The number of aromatic amines is 1. The Kier molecular flexibility index (Phi) is 17.4.